The molecule has 0 bridgehead atoms. The van der Waals surface area contributed by atoms with Gasteiger partial charge in [0.2, 0.25) is 0 Å². The molecule has 2 unspecified atom stereocenters. The van der Waals surface area contributed by atoms with Crippen molar-refractivity contribution in [2.75, 3.05) is 6.54 Å². The predicted octanol–water partition coefficient (Wildman–Crippen LogP) is 4.94. The van der Waals surface area contributed by atoms with Crippen LogP contribution in [0.4, 0.5) is 4.39 Å². The average Bonchev–Trinajstić information content (AvgIpc) is 2.41. The second-order valence-corrected chi connectivity index (χ2v) is 6.11. The lowest BCUT2D eigenvalue weighted by Gasteiger charge is -2.22. The zero-order chi connectivity index (χ0) is 14.3. The smallest absolute Gasteiger partial charge is 0.137 e. The lowest BCUT2D eigenvalue weighted by molar-refractivity contribution is 0.391. The molecule has 108 valence electrons. The van der Waals surface area contributed by atoms with E-state index in [9.17, 15) is 4.39 Å². The van der Waals surface area contributed by atoms with Crippen LogP contribution in [-0.2, 0) is 6.42 Å². The highest BCUT2D eigenvalue weighted by Gasteiger charge is 2.15. The maximum absolute atomic E-state index is 13.5. The topological polar surface area (TPSA) is 12.0 Å². The van der Waals surface area contributed by atoms with Gasteiger partial charge in [0.25, 0.3) is 0 Å². The Kier molecular flexibility index (Phi) is 7.62. The molecular weight excluding hydrogens is 305 g/mol. The van der Waals surface area contributed by atoms with Crippen molar-refractivity contribution in [2.45, 2.75) is 52.5 Å². The summed E-state index contributed by atoms with van der Waals surface area (Å²) in [5, 5.41) is 3.59. The van der Waals surface area contributed by atoms with Crippen LogP contribution >= 0.6 is 15.9 Å². The predicted molar refractivity (Wildman–Crippen MR) is 84.0 cm³/mol. The van der Waals surface area contributed by atoms with Gasteiger partial charge in [-0.1, -0.05) is 39.3 Å². The summed E-state index contributed by atoms with van der Waals surface area (Å²) in [7, 11) is 0. The lowest BCUT2D eigenvalue weighted by Crippen LogP contribution is -2.33. The Morgan fingerprint density at radius 3 is 2.68 bits per heavy atom. The van der Waals surface area contributed by atoms with E-state index < -0.39 is 0 Å². The minimum Gasteiger partial charge on any atom is -0.314 e. The van der Waals surface area contributed by atoms with Crippen LogP contribution < -0.4 is 5.32 Å². The fraction of sp³-hybridized carbons (Fsp3) is 0.625. The molecule has 0 spiro atoms. The Hall–Kier alpha value is -0.410. The summed E-state index contributed by atoms with van der Waals surface area (Å²) in [6, 6.07) is 5.71. The molecule has 3 heteroatoms. The quantitative estimate of drug-likeness (QED) is 0.712. The molecule has 0 aromatic heterocycles. The lowest BCUT2D eigenvalue weighted by atomic mass is 9.94. The molecule has 1 nitrogen and oxygen atoms in total. The first-order valence-corrected chi connectivity index (χ1v) is 8.04. The molecule has 1 rings (SSSR count). The molecule has 1 aromatic carbocycles. The van der Waals surface area contributed by atoms with Gasteiger partial charge in [0.05, 0.1) is 4.47 Å². The largest absolute Gasteiger partial charge is 0.314 e. The molecule has 0 saturated carbocycles. The average molecular weight is 330 g/mol. The number of hydrogen-bond acceptors (Lipinski definition) is 1. The van der Waals surface area contributed by atoms with Gasteiger partial charge in [0.1, 0.15) is 5.82 Å². The van der Waals surface area contributed by atoms with Gasteiger partial charge < -0.3 is 5.32 Å². The van der Waals surface area contributed by atoms with Crippen LogP contribution in [0.3, 0.4) is 0 Å². The van der Waals surface area contributed by atoms with Crippen molar-refractivity contribution < 1.29 is 4.39 Å². The molecular formula is C16H25BrFN. The van der Waals surface area contributed by atoms with Gasteiger partial charge >= 0.3 is 0 Å². The maximum Gasteiger partial charge on any atom is 0.137 e. The first kappa shape index (κ1) is 16.6. The van der Waals surface area contributed by atoms with Gasteiger partial charge in [0, 0.05) is 6.04 Å². The number of hydrogen-bond donors (Lipinski definition) is 1. The van der Waals surface area contributed by atoms with Crippen molar-refractivity contribution in [1.82, 2.24) is 5.32 Å². The van der Waals surface area contributed by atoms with Crippen LogP contribution in [0.2, 0.25) is 0 Å². The highest BCUT2D eigenvalue weighted by atomic mass is 79.9. The Balaban J connectivity index is 2.72. The molecule has 19 heavy (non-hydrogen) atoms. The second kappa shape index (κ2) is 8.70. The normalized spacial score (nSPS) is 14.4. The Morgan fingerprint density at radius 2 is 2.05 bits per heavy atom. The third-order valence-electron chi connectivity index (χ3n) is 3.56. The van der Waals surface area contributed by atoms with E-state index in [1.54, 1.807) is 6.07 Å². The van der Waals surface area contributed by atoms with Gasteiger partial charge in [-0.25, -0.2) is 4.39 Å². The summed E-state index contributed by atoms with van der Waals surface area (Å²) in [6.07, 6.45) is 4.33. The van der Waals surface area contributed by atoms with Gasteiger partial charge in [-0.2, -0.15) is 0 Å². The maximum atomic E-state index is 13.5. The van der Waals surface area contributed by atoms with Crippen molar-refractivity contribution >= 4 is 15.9 Å². The van der Waals surface area contributed by atoms with Crippen LogP contribution in [0.5, 0.6) is 0 Å². The van der Waals surface area contributed by atoms with E-state index in [0.29, 0.717) is 16.4 Å². The zero-order valence-corrected chi connectivity index (χ0v) is 13.8. The fourth-order valence-corrected chi connectivity index (χ4v) is 2.64. The monoisotopic (exact) mass is 329 g/mol. The van der Waals surface area contributed by atoms with E-state index in [2.05, 4.69) is 42.0 Å². The third-order valence-corrected chi connectivity index (χ3v) is 4.45. The molecule has 1 aromatic rings. The van der Waals surface area contributed by atoms with E-state index in [0.717, 1.165) is 31.4 Å². The van der Waals surface area contributed by atoms with E-state index >= 15 is 0 Å². The van der Waals surface area contributed by atoms with Crippen LogP contribution in [0.1, 0.15) is 45.6 Å². The van der Waals surface area contributed by atoms with Gasteiger partial charge in [-0.3, -0.25) is 0 Å². The van der Waals surface area contributed by atoms with Crippen molar-refractivity contribution in [3.63, 3.8) is 0 Å². The Labute approximate surface area is 125 Å². The molecule has 0 fully saturated rings. The number of benzene rings is 1. The molecule has 0 saturated heterocycles. The van der Waals surface area contributed by atoms with E-state index in [-0.39, 0.29) is 5.82 Å². The van der Waals surface area contributed by atoms with Crippen LogP contribution in [0.15, 0.2) is 22.7 Å². The molecule has 2 atom stereocenters. The molecule has 0 radical (unpaired) electrons. The molecule has 0 aliphatic carbocycles. The van der Waals surface area contributed by atoms with Crippen molar-refractivity contribution in [3.8, 4) is 0 Å². The highest BCUT2D eigenvalue weighted by Crippen LogP contribution is 2.23. The van der Waals surface area contributed by atoms with E-state index in [1.807, 2.05) is 6.07 Å². The fourth-order valence-electron chi connectivity index (χ4n) is 2.21. The summed E-state index contributed by atoms with van der Waals surface area (Å²) in [4.78, 5) is 0. The van der Waals surface area contributed by atoms with Crippen molar-refractivity contribution in [2.24, 2.45) is 5.92 Å². The summed E-state index contributed by atoms with van der Waals surface area (Å²) in [6.45, 7) is 7.69. The molecule has 1 N–H and O–H groups in total. The highest BCUT2D eigenvalue weighted by molar-refractivity contribution is 9.10. The molecule has 0 aliphatic heterocycles. The van der Waals surface area contributed by atoms with Gasteiger partial charge in [0.15, 0.2) is 0 Å². The van der Waals surface area contributed by atoms with Crippen LogP contribution in [-0.4, -0.2) is 12.6 Å². The van der Waals surface area contributed by atoms with Crippen LogP contribution in [0, 0.1) is 11.7 Å². The second-order valence-electron chi connectivity index (χ2n) is 5.32. The number of nitrogens with one attached hydrogen (secondary N) is 1. The van der Waals surface area contributed by atoms with Crippen molar-refractivity contribution in [3.05, 3.63) is 34.1 Å². The first-order chi connectivity index (χ1) is 9.08. The third kappa shape index (κ3) is 5.62. The zero-order valence-electron chi connectivity index (χ0n) is 12.2. The van der Waals surface area contributed by atoms with E-state index in [1.165, 1.54) is 12.5 Å². The Morgan fingerprint density at radius 1 is 1.32 bits per heavy atom. The standard InChI is InChI=1S/C16H25BrFN/c1-4-9-19-14(10-12(3)5-2)11-13-7-6-8-15(18)16(13)17/h6-8,12,14,19H,4-5,9-11H2,1-3H3. The molecule has 0 amide bonds. The van der Waals surface area contributed by atoms with Gasteiger partial charge in [-0.05, 0) is 59.3 Å². The summed E-state index contributed by atoms with van der Waals surface area (Å²) in [5.41, 5.74) is 1.05. The SMILES string of the molecule is CCCNC(Cc1cccc(F)c1Br)CC(C)CC. The minimum absolute atomic E-state index is 0.171. The molecule has 0 aliphatic rings. The van der Waals surface area contributed by atoms with Crippen molar-refractivity contribution in [1.29, 1.82) is 0 Å². The number of rotatable bonds is 8. The van der Waals surface area contributed by atoms with E-state index in [4.69, 9.17) is 0 Å². The minimum atomic E-state index is -0.171. The van der Waals surface area contributed by atoms with Crippen LogP contribution in [0.25, 0.3) is 0 Å². The summed E-state index contributed by atoms with van der Waals surface area (Å²) < 4.78 is 14.2. The first-order valence-electron chi connectivity index (χ1n) is 7.24. The summed E-state index contributed by atoms with van der Waals surface area (Å²) >= 11 is 3.36. The van der Waals surface area contributed by atoms with Gasteiger partial charge in [-0.15, -0.1) is 0 Å². The Bertz CT molecular complexity index is 381. The molecule has 0 heterocycles. The number of halogens is 2. The summed E-state index contributed by atoms with van der Waals surface area (Å²) in [5.74, 6) is 0.525.